The first-order valence-corrected chi connectivity index (χ1v) is 8.90. The molecule has 0 radical (unpaired) electrons. The highest BCUT2D eigenvalue weighted by Gasteiger charge is 2.10. The van der Waals surface area contributed by atoms with Crippen molar-refractivity contribution in [1.82, 2.24) is 4.98 Å². The molecule has 3 aromatic carbocycles. The van der Waals surface area contributed by atoms with Crippen LogP contribution in [0.4, 0.5) is 5.69 Å². The minimum atomic E-state index is -0.0400. The highest BCUT2D eigenvalue weighted by Crippen LogP contribution is 2.27. The molecule has 1 heterocycles. The fourth-order valence-electron chi connectivity index (χ4n) is 2.99. The first-order valence-electron chi connectivity index (χ1n) is 8.90. The summed E-state index contributed by atoms with van der Waals surface area (Å²) in [5.74, 6) is 0.541. The number of carbonyl (C=O) groups is 1. The second kappa shape index (κ2) is 7.08. The maximum Gasteiger partial charge on any atom is 0.228 e. The lowest BCUT2D eigenvalue weighted by atomic mass is 10.1. The van der Waals surface area contributed by atoms with Crippen LogP contribution >= 0.6 is 0 Å². The number of aryl methyl sites for hydroxylation is 2. The summed E-state index contributed by atoms with van der Waals surface area (Å²) in [5, 5.41) is 2.92. The lowest BCUT2D eigenvalue weighted by Crippen LogP contribution is -2.14. The fraction of sp³-hybridized carbons (Fsp3) is 0.130. The van der Waals surface area contributed by atoms with Crippen molar-refractivity contribution >= 4 is 22.7 Å². The Bertz CT molecular complexity index is 1060. The standard InChI is InChI=1S/C23H20N2O2/c1-15-12-20-21(13-16(15)2)27-23(25-20)18-8-10-19(11-9-18)24-22(26)14-17-6-4-3-5-7-17/h3-13H,14H2,1-2H3,(H,24,26). The molecule has 0 unspecified atom stereocenters. The molecule has 1 N–H and O–H groups in total. The number of carbonyl (C=O) groups excluding carboxylic acids is 1. The Morgan fingerprint density at radius 2 is 1.67 bits per heavy atom. The van der Waals surface area contributed by atoms with E-state index in [1.165, 1.54) is 11.1 Å². The van der Waals surface area contributed by atoms with E-state index in [9.17, 15) is 4.79 Å². The van der Waals surface area contributed by atoms with Gasteiger partial charge in [0.25, 0.3) is 0 Å². The molecule has 4 heteroatoms. The highest BCUT2D eigenvalue weighted by atomic mass is 16.3. The Morgan fingerprint density at radius 1 is 0.963 bits per heavy atom. The predicted molar refractivity (Wildman–Crippen MR) is 108 cm³/mol. The minimum absolute atomic E-state index is 0.0400. The van der Waals surface area contributed by atoms with Gasteiger partial charge in [-0.1, -0.05) is 30.3 Å². The molecule has 0 atom stereocenters. The van der Waals surface area contributed by atoms with Crippen molar-refractivity contribution in [3.63, 3.8) is 0 Å². The van der Waals surface area contributed by atoms with Gasteiger partial charge in [0, 0.05) is 11.3 Å². The Hall–Kier alpha value is -3.40. The SMILES string of the molecule is Cc1cc2nc(-c3ccc(NC(=O)Cc4ccccc4)cc3)oc2cc1C. The van der Waals surface area contributed by atoms with Gasteiger partial charge in [-0.3, -0.25) is 4.79 Å². The van der Waals surface area contributed by atoms with Crippen molar-refractivity contribution in [3.8, 4) is 11.5 Å². The number of anilines is 1. The van der Waals surface area contributed by atoms with E-state index in [0.717, 1.165) is 27.9 Å². The molecule has 0 spiro atoms. The summed E-state index contributed by atoms with van der Waals surface area (Å²) in [6.07, 6.45) is 0.354. The molecule has 0 saturated heterocycles. The molecule has 1 amide bonds. The summed E-state index contributed by atoms with van der Waals surface area (Å²) in [5.41, 5.74) is 6.64. The monoisotopic (exact) mass is 356 g/mol. The van der Waals surface area contributed by atoms with Crippen molar-refractivity contribution in [2.24, 2.45) is 0 Å². The second-order valence-electron chi connectivity index (χ2n) is 6.71. The van der Waals surface area contributed by atoms with Crippen molar-refractivity contribution < 1.29 is 9.21 Å². The summed E-state index contributed by atoms with van der Waals surface area (Å²) < 4.78 is 5.89. The largest absolute Gasteiger partial charge is 0.436 e. The maximum absolute atomic E-state index is 12.2. The summed E-state index contributed by atoms with van der Waals surface area (Å²) in [6, 6.07) is 21.3. The third-order valence-corrected chi connectivity index (χ3v) is 4.63. The van der Waals surface area contributed by atoms with Gasteiger partial charge < -0.3 is 9.73 Å². The van der Waals surface area contributed by atoms with E-state index in [0.29, 0.717) is 12.3 Å². The van der Waals surface area contributed by atoms with Crippen LogP contribution in [0.3, 0.4) is 0 Å². The smallest absolute Gasteiger partial charge is 0.228 e. The Labute approximate surface area is 157 Å². The summed E-state index contributed by atoms with van der Waals surface area (Å²) >= 11 is 0. The van der Waals surface area contributed by atoms with Crippen LogP contribution in [0, 0.1) is 13.8 Å². The quantitative estimate of drug-likeness (QED) is 0.540. The van der Waals surface area contributed by atoms with E-state index in [2.05, 4.69) is 24.1 Å². The normalized spacial score (nSPS) is 10.9. The number of hydrogen-bond donors (Lipinski definition) is 1. The van der Waals surface area contributed by atoms with E-state index >= 15 is 0 Å². The van der Waals surface area contributed by atoms with Crippen LogP contribution in [-0.4, -0.2) is 10.9 Å². The van der Waals surface area contributed by atoms with Crippen LogP contribution in [0.5, 0.6) is 0 Å². The molecule has 4 rings (SSSR count). The lowest BCUT2D eigenvalue weighted by Gasteiger charge is -2.06. The molecule has 4 aromatic rings. The molecule has 134 valence electrons. The molecule has 0 saturated carbocycles. The second-order valence-corrected chi connectivity index (χ2v) is 6.71. The van der Waals surface area contributed by atoms with Crippen LogP contribution in [0.25, 0.3) is 22.6 Å². The average Bonchev–Trinajstić information content (AvgIpc) is 3.06. The molecular weight excluding hydrogens is 336 g/mol. The molecule has 0 fully saturated rings. The van der Waals surface area contributed by atoms with Crippen molar-refractivity contribution in [3.05, 3.63) is 83.4 Å². The average molecular weight is 356 g/mol. The van der Waals surface area contributed by atoms with E-state index in [4.69, 9.17) is 4.42 Å². The zero-order valence-corrected chi connectivity index (χ0v) is 15.3. The van der Waals surface area contributed by atoms with Gasteiger partial charge in [0.2, 0.25) is 11.8 Å². The van der Waals surface area contributed by atoms with Crippen molar-refractivity contribution in [2.75, 3.05) is 5.32 Å². The van der Waals surface area contributed by atoms with E-state index in [1.54, 1.807) is 0 Å². The lowest BCUT2D eigenvalue weighted by molar-refractivity contribution is -0.115. The van der Waals surface area contributed by atoms with Gasteiger partial charge in [-0.25, -0.2) is 4.98 Å². The molecule has 1 aromatic heterocycles. The Kier molecular flexibility index (Phi) is 4.47. The van der Waals surface area contributed by atoms with Gasteiger partial charge in [0.1, 0.15) is 5.52 Å². The van der Waals surface area contributed by atoms with Crippen molar-refractivity contribution in [2.45, 2.75) is 20.3 Å². The summed E-state index contributed by atoms with van der Waals surface area (Å²) in [7, 11) is 0. The van der Waals surface area contributed by atoms with Gasteiger partial charge in [0.05, 0.1) is 6.42 Å². The molecule has 0 aliphatic heterocycles. The van der Waals surface area contributed by atoms with Crippen LogP contribution in [0.15, 0.2) is 71.1 Å². The molecule has 27 heavy (non-hydrogen) atoms. The van der Waals surface area contributed by atoms with Gasteiger partial charge in [0.15, 0.2) is 5.58 Å². The minimum Gasteiger partial charge on any atom is -0.436 e. The van der Waals surface area contributed by atoms with E-state index in [1.807, 2.05) is 66.7 Å². The number of aromatic nitrogens is 1. The first kappa shape index (κ1) is 17.0. The number of fused-ring (bicyclic) bond motifs is 1. The molecule has 0 aliphatic carbocycles. The van der Waals surface area contributed by atoms with Crippen LogP contribution in [0.2, 0.25) is 0 Å². The van der Waals surface area contributed by atoms with Gasteiger partial charge >= 0.3 is 0 Å². The topological polar surface area (TPSA) is 55.1 Å². The molecule has 0 aliphatic rings. The number of oxazole rings is 1. The highest BCUT2D eigenvalue weighted by molar-refractivity contribution is 5.92. The van der Waals surface area contributed by atoms with Crippen LogP contribution in [0.1, 0.15) is 16.7 Å². The number of amides is 1. The fourth-order valence-corrected chi connectivity index (χ4v) is 2.99. The number of nitrogens with one attached hydrogen (secondary N) is 1. The first-order chi connectivity index (χ1) is 13.1. The van der Waals surface area contributed by atoms with Crippen molar-refractivity contribution in [1.29, 1.82) is 0 Å². The predicted octanol–water partition coefficient (Wildman–Crippen LogP) is 5.29. The van der Waals surface area contributed by atoms with E-state index in [-0.39, 0.29) is 5.91 Å². The van der Waals surface area contributed by atoms with Crippen LogP contribution in [-0.2, 0) is 11.2 Å². The number of hydrogen-bond acceptors (Lipinski definition) is 3. The number of rotatable bonds is 4. The summed E-state index contributed by atoms with van der Waals surface area (Å²) in [6.45, 7) is 4.12. The maximum atomic E-state index is 12.2. The zero-order valence-electron chi connectivity index (χ0n) is 15.3. The zero-order chi connectivity index (χ0) is 18.8. The molecule has 4 nitrogen and oxygen atoms in total. The molecule has 0 bridgehead atoms. The van der Waals surface area contributed by atoms with E-state index < -0.39 is 0 Å². The van der Waals surface area contributed by atoms with Gasteiger partial charge in [-0.15, -0.1) is 0 Å². The molecular formula is C23H20N2O2. The van der Waals surface area contributed by atoms with Crippen LogP contribution < -0.4 is 5.32 Å². The Balaban J connectivity index is 1.49. The number of nitrogens with zero attached hydrogens (tertiary/aromatic N) is 1. The third-order valence-electron chi connectivity index (χ3n) is 4.63. The van der Waals surface area contributed by atoms with Gasteiger partial charge in [-0.2, -0.15) is 0 Å². The Morgan fingerprint density at radius 3 is 2.41 bits per heavy atom. The summed E-state index contributed by atoms with van der Waals surface area (Å²) in [4.78, 5) is 16.8. The third kappa shape index (κ3) is 3.75. The van der Waals surface area contributed by atoms with Gasteiger partial charge in [-0.05, 0) is 66.9 Å². The number of benzene rings is 3.